The summed E-state index contributed by atoms with van der Waals surface area (Å²) in [5.74, 6) is 1.71. The van der Waals surface area contributed by atoms with Crippen LogP contribution in [0.3, 0.4) is 0 Å². The summed E-state index contributed by atoms with van der Waals surface area (Å²) in [6.45, 7) is 6.37. The van der Waals surface area contributed by atoms with Gasteiger partial charge in [-0.2, -0.15) is 5.10 Å². The first-order valence-electron chi connectivity index (χ1n) is 16.0. The van der Waals surface area contributed by atoms with Gasteiger partial charge in [-0.15, -0.1) is 0 Å². The second kappa shape index (κ2) is 15.4. The number of para-hydroxylation sites is 1. The molecule has 5 rings (SSSR count). The molecule has 4 aromatic rings. The zero-order valence-corrected chi connectivity index (χ0v) is 27.4. The van der Waals surface area contributed by atoms with Crippen LogP contribution in [0.1, 0.15) is 58.9 Å². The van der Waals surface area contributed by atoms with Crippen LogP contribution in [0.2, 0.25) is 0 Å². The van der Waals surface area contributed by atoms with E-state index in [4.69, 9.17) is 25.0 Å². The lowest BCUT2D eigenvalue weighted by atomic mass is 10.1. The molecule has 2 aromatic carbocycles. The van der Waals surface area contributed by atoms with E-state index in [9.17, 15) is 14.4 Å². The molecule has 252 valence electrons. The van der Waals surface area contributed by atoms with Crippen molar-refractivity contribution in [2.24, 2.45) is 0 Å². The number of anilines is 1. The highest BCUT2D eigenvalue weighted by molar-refractivity contribution is 5.98. The molecule has 0 saturated carbocycles. The largest absolute Gasteiger partial charge is 0.457 e. The van der Waals surface area contributed by atoms with E-state index in [2.05, 4.69) is 9.97 Å². The van der Waals surface area contributed by atoms with Gasteiger partial charge in [-0.3, -0.25) is 4.79 Å². The van der Waals surface area contributed by atoms with Crippen LogP contribution in [-0.2, 0) is 14.3 Å². The first-order valence-corrected chi connectivity index (χ1v) is 16.0. The third kappa shape index (κ3) is 9.08. The summed E-state index contributed by atoms with van der Waals surface area (Å²) in [7, 11) is 0. The van der Waals surface area contributed by atoms with Gasteiger partial charge < -0.3 is 24.8 Å². The normalized spacial score (nSPS) is 15.0. The highest BCUT2D eigenvalue weighted by Gasteiger charge is 2.28. The summed E-state index contributed by atoms with van der Waals surface area (Å²) in [4.78, 5) is 47.0. The fourth-order valence-corrected chi connectivity index (χ4v) is 5.35. The first kappa shape index (κ1) is 33.9. The Morgan fingerprint density at radius 1 is 1.00 bits per heavy atom. The van der Waals surface area contributed by atoms with Gasteiger partial charge in [-0.1, -0.05) is 24.3 Å². The fraction of sp³-hybridized carbons (Fsp3) is 0.371. The fourth-order valence-electron chi connectivity index (χ4n) is 5.35. The number of amides is 3. The summed E-state index contributed by atoms with van der Waals surface area (Å²) < 4.78 is 17.9. The lowest BCUT2D eigenvalue weighted by Gasteiger charge is -2.32. The van der Waals surface area contributed by atoms with Crippen LogP contribution in [0.15, 0.2) is 73.1 Å². The Morgan fingerprint density at radius 3 is 2.50 bits per heavy atom. The minimum absolute atomic E-state index is 0.0764. The molecule has 0 aliphatic carbocycles. The van der Waals surface area contributed by atoms with Gasteiger partial charge in [0, 0.05) is 18.7 Å². The summed E-state index contributed by atoms with van der Waals surface area (Å²) in [5, 5.41) is 7.67. The predicted octanol–water partition coefficient (Wildman–Crippen LogP) is 6.42. The summed E-state index contributed by atoms with van der Waals surface area (Å²) in [5.41, 5.74) is 7.78. The molecule has 0 spiro atoms. The number of unbranched alkanes of at least 4 members (excludes halogenated alkanes) is 2. The van der Waals surface area contributed by atoms with Gasteiger partial charge >= 0.3 is 12.2 Å². The van der Waals surface area contributed by atoms with Gasteiger partial charge in [0.1, 0.15) is 34.9 Å². The Morgan fingerprint density at radius 2 is 1.75 bits per heavy atom. The highest BCUT2D eigenvalue weighted by Crippen LogP contribution is 2.35. The van der Waals surface area contributed by atoms with Crippen LogP contribution in [0.5, 0.6) is 11.5 Å². The van der Waals surface area contributed by atoms with Gasteiger partial charge in [0.25, 0.3) is 0 Å². The zero-order chi connectivity index (χ0) is 34.1. The topological polar surface area (TPSA) is 164 Å². The van der Waals surface area contributed by atoms with Crippen LogP contribution < -0.4 is 15.8 Å². The van der Waals surface area contributed by atoms with E-state index in [0.717, 1.165) is 24.2 Å². The number of nitrogens with one attached hydrogen (secondary N) is 1. The number of aromatic nitrogens is 4. The molecule has 1 aliphatic rings. The molecular weight excluding hydrogens is 614 g/mol. The van der Waals surface area contributed by atoms with Crippen LogP contribution >= 0.6 is 0 Å². The number of hydrogen-bond donors (Lipinski definition) is 2. The van der Waals surface area contributed by atoms with E-state index in [1.54, 1.807) is 26.8 Å². The lowest BCUT2D eigenvalue weighted by Crippen LogP contribution is -2.40. The number of nitrogens with zero attached hydrogens (tertiary/aromatic N) is 5. The number of fused-ring (bicyclic) bond motifs is 1. The molecule has 1 fully saturated rings. The summed E-state index contributed by atoms with van der Waals surface area (Å²) >= 11 is 0. The van der Waals surface area contributed by atoms with Gasteiger partial charge in [-0.25, -0.2) is 29.6 Å². The number of rotatable bonds is 10. The SMILES string of the molecule is CC(C)(C)OC(=O)NC(=O)OCCCC/C=C/C(=O)N1CCC[C@@H](n2nc(-c3ccc(Oc4ccccc4)cc3)c3c(N)ncnc32)C1. The van der Waals surface area contributed by atoms with Crippen molar-refractivity contribution >= 4 is 34.9 Å². The second-order valence-corrected chi connectivity index (χ2v) is 12.4. The van der Waals surface area contributed by atoms with E-state index >= 15 is 0 Å². The van der Waals surface area contributed by atoms with Gasteiger partial charge in [-0.05, 0) is 95.3 Å². The number of allylic oxidation sites excluding steroid dienone is 1. The number of hydrogen-bond acceptors (Lipinski definition) is 10. The Labute approximate surface area is 279 Å². The number of carbonyl (C=O) groups excluding carboxylic acids is 3. The van der Waals surface area contributed by atoms with E-state index in [-0.39, 0.29) is 18.6 Å². The maximum absolute atomic E-state index is 13.1. The average molecular weight is 656 g/mol. The molecule has 13 heteroatoms. The highest BCUT2D eigenvalue weighted by atomic mass is 16.6. The minimum atomic E-state index is -0.854. The van der Waals surface area contributed by atoms with E-state index in [1.807, 2.05) is 75.6 Å². The minimum Gasteiger partial charge on any atom is -0.457 e. The lowest BCUT2D eigenvalue weighted by molar-refractivity contribution is -0.127. The number of benzene rings is 2. The van der Waals surface area contributed by atoms with Gasteiger partial charge in [0.2, 0.25) is 5.91 Å². The van der Waals surface area contributed by atoms with Crippen molar-refractivity contribution < 1.29 is 28.6 Å². The Kier molecular flexibility index (Phi) is 10.9. The summed E-state index contributed by atoms with van der Waals surface area (Å²) in [6, 6.07) is 17.1. The number of imide groups is 1. The maximum atomic E-state index is 13.1. The molecule has 2 aromatic heterocycles. The second-order valence-electron chi connectivity index (χ2n) is 12.4. The van der Waals surface area contributed by atoms with Crippen molar-refractivity contribution in [1.82, 2.24) is 30.0 Å². The van der Waals surface area contributed by atoms with Crippen LogP contribution in [0.25, 0.3) is 22.3 Å². The van der Waals surface area contributed by atoms with E-state index in [0.29, 0.717) is 60.6 Å². The number of likely N-dealkylation sites (tertiary alicyclic amines) is 1. The summed E-state index contributed by atoms with van der Waals surface area (Å²) in [6.07, 6.45) is 6.71. The molecule has 3 N–H and O–H groups in total. The van der Waals surface area contributed by atoms with Crippen molar-refractivity contribution in [2.45, 2.75) is 64.5 Å². The van der Waals surface area contributed by atoms with Crippen molar-refractivity contribution in [1.29, 1.82) is 0 Å². The Bertz CT molecular complexity index is 1750. The van der Waals surface area contributed by atoms with E-state index in [1.165, 1.54) is 6.33 Å². The van der Waals surface area contributed by atoms with Crippen LogP contribution in [0, 0.1) is 0 Å². The Balaban J connectivity index is 1.15. The molecule has 0 radical (unpaired) electrons. The van der Waals surface area contributed by atoms with Crippen LogP contribution in [0.4, 0.5) is 15.4 Å². The third-order valence-electron chi connectivity index (χ3n) is 7.54. The molecule has 13 nitrogen and oxygen atoms in total. The molecular formula is C35H41N7O6. The molecule has 1 atom stereocenters. The number of piperidine rings is 1. The molecule has 1 saturated heterocycles. The van der Waals surface area contributed by atoms with Crippen molar-refractivity contribution in [3.63, 3.8) is 0 Å². The number of nitrogen functional groups attached to an aromatic ring is 1. The smallest absolute Gasteiger partial charge is 0.417 e. The van der Waals surface area contributed by atoms with Crippen molar-refractivity contribution in [3.8, 4) is 22.8 Å². The predicted molar refractivity (Wildman–Crippen MR) is 180 cm³/mol. The maximum Gasteiger partial charge on any atom is 0.417 e. The third-order valence-corrected chi connectivity index (χ3v) is 7.54. The monoisotopic (exact) mass is 655 g/mol. The van der Waals surface area contributed by atoms with Crippen molar-refractivity contribution in [3.05, 3.63) is 73.1 Å². The molecule has 3 heterocycles. The molecule has 0 unspecified atom stereocenters. The quantitative estimate of drug-likeness (QED) is 0.144. The van der Waals surface area contributed by atoms with E-state index < -0.39 is 17.8 Å². The molecule has 3 amide bonds. The molecule has 48 heavy (non-hydrogen) atoms. The number of alkyl carbamates (subject to hydrolysis) is 2. The van der Waals surface area contributed by atoms with Gasteiger partial charge in [0.15, 0.2) is 5.65 Å². The molecule has 1 aliphatic heterocycles. The number of nitrogens with two attached hydrogens (primary N) is 1. The molecule has 0 bridgehead atoms. The Hall–Kier alpha value is -5.46. The van der Waals surface area contributed by atoms with Gasteiger partial charge in [0.05, 0.1) is 18.0 Å². The number of ether oxygens (including phenoxy) is 3. The first-order chi connectivity index (χ1) is 23.1. The average Bonchev–Trinajstić information content (AvgIpc) is 3.45. The number of carbonyl (C=O) groups is 3. The zero-order valence-electron chi connectivity index (χ0n) is 27.4. The van der Waals surface area contributed by atoms with Crippen LogP contribution in [-0.4, -0.2) is 68.0 Å². The standard InChI is InChI=1S/C35H41N7O6/c1-35(2,3)48-34(45)39-33(44)46-21-10-5-4-9-15-28(43)41-20-11-12-25(22-41)42-32-29(31(36)37-23-38-32)30(40-42)24-16-18-27(19-17-24)47-26-13-7-6-8-14-26/h6-9,13-19,23,25H,4-5,10-12,20-22H2,1-3H3,(H2,36,37,38)(H,39,44,45)/b15-9+/t25-/m1/s1. The van der Waals surface area contributed by atoms with Crippen molar-refractivity contribution in [2.75, 3.05) is 25.4 Å².